The first-order valence-corrected chi connectivity index (χ1v) is 7.48. The molecule has 0 aliphatic carbocycles. The van der Waals surface area contributed by atoms with Gasteiger partial charge in [-0.1, -0.05) is 24.3 Å². The topological polar surface area (TPSA) is 84.7 Å². The fourth-order valence-corrected chi connectivity index (χ4v) is 2.53. The number of ether oxygens (including phenoxy) is 1. The average Bonchev–Trinajstić information content (AvgIpc) is 2.91. The summed E-state index contributed by atoms with van der Waals surface area (Å²) in [5.41, 5.74) is 7.74. The fraction of sp³-hybridized carbons (Fsp3) is 0.500. The van der Waals surface area contributed by atoms with Crippen molar-refractivity contribution in [2.75, 3.05) is 20.3 Å². The van der Waals surface area contributed by atoms with Crippen molar-refractivity contribution in [3.05, 3.63) is 35.4 Å². The largest absolute Gasteiger partial charge is 0.383 e. The Morgan fingerprint density at radius 2 is 2.09 bits per heavy atom. The molecule has 7 heteroatoms. The van der Waals surface area contributed by atoms with E-state index in [2.05, 4.69) is 5.32 Å². The number of benzene rings is 1. The van der Waals surface area contributed by atoms with Crippen LogP contribution in [0.1, 0.15) is 24.0 Å². The molecule has 0 saturated carbocycles. The van der Waals surface area contributed by atoms with Crippen LogP contribution in [0.3, 0.4) is 0 Å². The molecule has 1 aromatic rings. The molecule has 0 aromatic heterocycles. The van der Waals surface area contributed by atoms with Crippen LogP contribution in [0.4, 0.5) is 0 Å². The number of carbonyl (C=O) groups excluding carboxylic acids is 2. The Hall–Kier alpha value is -1.63. The molecule has 2 rings (SSSR count). The van der Waals surface area contributed by atoms with Crippen LogP contribution in [-0.4, -0.2) is 43.0 Å². The summed E-state index contributed by atoms with van der Waals surface area (Å²) in [4.78, 5) is 25.4. The van der Waals surface area contributed by atoms with E-state index in [0.717, 1.165) is 24.1 Å². The monoisotopic (exact) mass is 341 g/mol. The molecule has 1 atom stereocenters. The van der Waals surface area contributed by atoms with Crippen molar-refractivity contribution in [2.45, 2.75) is 32.0 Å². The molecule has 1 saturated heterocycles. The normalized spacial score (nSPS) is 15.2. The minimum atomic E-state index is -0.669. The van der Waals surface area contributed by atoms with E-state index in [0.29, 0.717) is 19.5 Å². The maximum absolute atomic E-state index is 11.8. The lowest BCUT2D eigenvalue weighted by atomic mass is 10.1. The quantitative estimate of drug-likeness (QED) is 0.769. The van der Waals surface area contributed by atoms with Gasteiger partial charge in [0.1, 0.15) is 6.04 Å². The molecule has 128 valence electrons. The number of hydrogen-bond donors (Lipinski definition) is 2. The summed E-state index contributed by atoms with van der Waals surface area (Å²) in [6.07, 6.45) is 1.55. The maximum Gasteiger partial charge on any atom is 0.239 e. The summed E-state index contributed by atoms with van der Waals surface area (Å²) in [7, 11) is 1.51. The second-order valence-electron chi connectivity index (χ2n) is 5.47. The van der Waals surface area contributed by atoms with Crippen molar-refractivity contribution >= 4 is 24.2 Å². The molecule has 23 heavy (non-hydrogen) atoms. The van der Waals surface area contributed by atoms with Gasteiger partial charge in [0, 0.05) is 33.2 Å². The Morgan fingerprint density at radius 1 is 1.39 bits per heavy atom. The van der Waals surface area contributed by atoms with Gasteiger partial charge in [-0.05, 0) is 17.5 Å². The average molecular weight is 342 g/mol. The smallest absolute Gasteiger partial charge is 0.239 e. The van der Waals surface area contributed by atoms with Crippen LogP contribution in [0.15, 0.2) is 24.3 Å². The molecule has 1 aliphatic rings. The molecule has 1 fully saturated rings. The van der Waals surface area contributed by atoms with Gasteiger partial charge in [0.15, 0.2) is 0 Å². The van der Waals surface area contributed by atoms with Crippen LogP contribution >= 0.6 is 12.4 Å². The molecule has 3 N–H and O–H groups in total. The van der Waals surface area contributed by atoms with Crippen LogP contribution in [0.5, 0.6) is 0 Å². The lowest BCUT2D eigenvalue weighted by molar-refractivity contribution is -0.128. The van der Waals surface area contributed by atoms with Crippen molar-refractivity contribution in [3.63, 3.8) is 0 Å². The van der Waals surface area contributed by atoms with Gasteiger partial charge < -0.3 is 20.7 Å². The molecular weight excluding hydrogens is 318 g/mol. The van der Waals surface area contributed by atoms with Gasteiger partial charge >= 0.3 is 0 Å². The van der Waals surface area contributed by atoms with Crippen LogP contribution in [0.2, 0.25) is 0 Å². The second-order valence-corrected chi connectivity index (χ2v) is 5.47. The minimum Gasteiger partial charge on any atom is -0.383 e. The van der Waals surface area contributed by atoms with Gasteiger partial charge in [0.05, 0.1) is 6.61 Å². The van der Waals surface area contributed by atoms with Gasteiger partial charge in [0.25, 0.3) is 0 Å². The third-order valence-corrected chi connectivity index (χ3v) is 3.79. The zero-order chi connectivity index (χ0) is 15.9. The summed E-state index contributed by atoms with van der Waals surface area (Å²) in [6, 6.07) is 7.14. The van der Waals surface area contributed by atoms with Gasteiger partial charge in [0.2, 0.25) is 11.8 Å². The van der Waals surface area contributed by atoms with Crippen LogP contribution in [-0.2, 0) is 27.4 Å². The molecule has 0 spiro atoms. The van der Waals surface area contributed by atoms with Crippen molar-refractivity contribution in [1.29, 1.82) is 0 Å². The Kier molecular flexibility index (Phi) is 8.02. The van der Waals surface area contributed by atoms with E-state index in [1.807, 2.05) is 29.2 Å². The van der Waals surface area contributed by atoms with E-state index in [1.54, 1.807) is 0 Å². The van der Waals surface area contributed by atoms with E-state index >= 15 is 0 Å². The van der Waals surface area contributed by atoms with E-state index in [9.17, 15) is 9.59 Å². The molecule has 1 unspecified atom stereocenters. The van der Waals surface area contributed by atoms with Gasteiger partial charge in [-0.25, -0.2) is 0 Å². The van der Waals surface area contributed by atoms with Crippen LogP contribution in [0.25, 0.3) is 0 Å². The highest BCUT2D eigenvalue weighted by molar-refractivity contribution is 5.85. The van der Waals surface area contributed by atoms with E-state index < -0.39 is 6.04 Å². The number of amides is 2. The summed E-state index contributed by atoms with van der Waals surface area (Å²) < 4.78 is 4.87. The molecule has 1 aliphatic heterocycles. The van der Waals surface area contributed by atoms with Gasteiger partial charge in [-0.3, -0.25) is 9.59 Å². The number of carbonyl (C=O) groups is 2. The summed E-state index contributed by atoms with van der Waals surface area (Å²) in [5.74, 6) is -0.0464. The molecule has 0 bridgehead atoms. The number of likely N-dealkylation sites (tertiary alicyclic amines) is 1. The number of nitrogens with two attached hydrogens (primary N) is 1. The van der Waals surface area contributed by atoms with Crippen molar-refractivity contribution in [1.82, 2.24) is 10.2 Å². The predicted octanol–water partition coefficient (Wildman–Crippen LogP) is 0.821. The summed E-state index contributed by atoms with van der Waals surface area (Å²) in [5, 5.41) is 2.81. The maximum atomic E-state index is 11.8. The number of nitrogens with one attached hydrogen (secondary N) is 1. The molecule has 0 radical (unpaired) electrons. The first kappa shape index (κ1) is 19.4. The lowest BCUT2D eigenvalue weighted by Gasteiger charge is -2.19. The van der Waals surface area contributed by atoms with E-state index in [-0.39, 0.29) is 30.8 Å². The first-order valence-electron chi connectivity index (χ1n) is 7.48. The second kappa shape index (κ2) is 9.50. The number of nitrogens with zero attached hydrogens (tertiary/aromatic N) is 1. The third-order valence-electron chi connectivity index (χ3n) is 3.79. The summed E-state index contributed by atoms with van der Waals surface area (Å²) >= 11 is 0. The third kappa shape index (κ3) is 5.49. The predicted molar refractivity (Wildman–Crippen MR) is 90.0 cm³/mol. The highest BCUT2D eigenvalue weighted by Crippen LogP contribution is 2.17. The number of hydrogen-bond acceptors (Lipinski definition) is 4. The number of halogens is 1. The fourth-order valence-electron chi connectivity index (χ4n) is 2.53. The van der Waals surface area contributed by atoms with Crippen molar-refractivity contribution < 1.29 is 14.3 Å². The molecule has 2 amide bonds. The Labute approximate surface area is 142 Å². The number of rotatable bonds is 7. The summed E-state index contributed by atoms with van der Waals surface area (Å²) in [6.45, 7) is 1.98. The van der Waals surface area contributed by atoms with Gasteiger partial charge in [-0.2, -0.15) is 0 Å². The highest BCUT2D eigenvalue weighted by atomic mass is 35.5. The SMILES string of the molecule is COCC(N)C(=O)NCc1ccccc1CN1CCCC1=O.Cl. The first-order chi connectivity index (χ1) is 10.6. The highest BCUT2D eigenvalue weighted by Gasteiger charge is 2.21. The Balaban J connectivity index is 0.00000264. The van der Waals surface area contributed by atoms with Gasteiger partial charge in [-0.15, -0.1) is 12.4 Å². The van der Waals surface area contributed by atoms with Crippen molar-refractivity contribution in [3.8, 4) is 0 Å². The van der Waals surface area contributed by atoms with E-state index in [1.165, 1.54) is 7.11 Å². The Morgan fingerprint density at radius 3 is 2.70 bits per heavy atom. The molecule has 6 nitrogen and oxygen atoms in total. The zero-order valence-corrected chi connectivity index (χ0v) is 14.1. The van der Waals surface area contributed by atoms with Crippen LogP contribution in [0, 0.1) is 0 Å². The minimum absolute atomic E-state index is 0. The Bertz CT molecular complexity index is 539. The lowest BCUT2D eigenvalue weighted by Crippen LogP contribution is -2.43. The van der Waals surface area contributed by atoms with E-state index in [4.69, 9.17) is 10.5 Å². The van der Waals surface area contributed by atoms with Crippen LogP contribution < -0.4 is 11.1 Å². The number of methoxy groups -OCH3 is 1. The molecule has 1 aromatic carbocycles. The molecular formula is C16H24ClN3O3. The molecule has 1 heterocycles. The van der Waals surface area contributed by atoms with Crippen molar-refractivity contribution in [2.24, 2.45) is 5.73 Å². The standard InChI is InChI=1S/C16H23N3O3.ClH/c1-22-11-14(17)16(21)18-9-12-5-2-3-6-13(12)10-19-8-4-7-15(19)20;/h2-3,5-6,14H,4,7-11,17H2,1H3,(H,18,21);1H. The zero-order valence-electron chi connectivity index (χ0n) is 13.3.